The van der Waals surface area contributed by atoms with Crippen LogP contribution in [0.15, 0.2) is 64.6 Å². The fourth-order valence-corrected chi connectivity index (χ4v) is 3.58. The van der Waals surface area contributed by atoms with Gasteiger partial charge in [0.05, 0.1) is 7.11 Å². The molecule has 0 heterocycles. The van der Waals surface area contributed by atoms with Crippen LogP contribution < -0.4 is 14.8 Å². The Morgan fingerprint density at radius 3 is 2.39 bits per heavy atom. The number of methoxy groups -OCH3 is 1. The molecule has 33 heavy (non-hydrogen) atoms. The molecule has 0 saturated carbocycles. The molecule has 0 aliphatic rings. The van der Waals surface area contributed by atoms with Crippen molar-refractivity contribution >= 4 is 33.6 Å². The summed E-state index contributed by atoms with van der Waals surface area (Å²) in [5.74, 6) is 0.584. The first-order valence-electron chi connectivity index (χ1n) is 10.4. The Hall–Kier alpha value is -3.56. The zero-order chi connectivity index (χ0) is 24.0. The first kappa shape index (κ1) is 24.1. The number of hydrogen-bond acceptors (Lipinski definition) is 4. The number of rotatable bonds is 7. The number of hydrogen-bond donors (Lipinski definition) is 1. The molecule has 0 aliphatic carbocycles. The number of ether oxygens (including phenoxy) is 2. The molecule has 0 aliphatic heterocycles. The number of halogens is 1. The quantitative estimate of drug-likeness (QED) is 0.294. The lowest BCUT2D eigenvalue weighted by atomic mass is 10.1. The van der Waals surface area contributed by atoms with Gasteiger partial charge < -0.3 is 14.8 Å². The van der Waals surface area contributed by atoms with Crippen LogP contribution in [0.25, 0.3) is 6.08 Å². The Morgan fingerprint density at radius 2 is 1.73 bits per heavy atom. The molecule has 0 bridgehead atoms. The SMILES string of the molecule is COc1cc(/C=C(\C#N)C(=O)Nc2cc(C)ccc2C)c(Br)cc1OCc1ccc(C)cc1. The third-order valence-corrected chi connectivity index (χ3v) is 5.79. The zero-order valence-electron chi connectivity index (χ0n) is 19.0. The van der Waals surface area contributed by atoms with Crippen LogP contribution in [0.5, 0.6) is 11.5 Å². The van der Waals surface area contributed by atoms with Crippen molar-refractivity contribution in [3.63, 3.8) is 0 Å². The number of anilines is 1. The molecule has 0 unspecified atom stereocenters. The van der Waals surface area contributed by atoms with E-state index in [1.165, 1.54) is 11.6 Å². The van der Waals surface area contributed by atoms with Crippen molar-refractivity contribution in [3.05, 3.63) is 92.5 Å². The van der Waals surface area contributed by atoms with Gasteiger partial charge in [-0.3, -0.25) is 4.79 Å². The predicted molar refractivity (Wildman–Crippen MR) is 134 cm³/mol. The number of nitrogens with zero attached hydrogens (tertiary/aromatic N) is 1. The highest BCUT2D eigenvalue weighted by atomic mass is 79.9. The summed E-state index contributed by atoms with van der Waals surface area (Å²) in [4.78, 5) is 12.8. The molecule has 0 aromatic heterocycles. The van der Waals surface area contributed by atoms with E-state index in [0.717, 1.165) is 16.7 Å². The standard InChI is InChI=1S/C27H25BrN2O3/c1-17-6-9-20(10-7-17)16-33-26-14-23(28)21(13-25(26)32-4)12-22(15-29)27(31)30-24-11-18(2)5-8-19(24)3/h5-14H,16H2,1-4H3,(H,30,31)/b22-12+. The number of aryl methyl sites for hydroxylation is 3. The maximum absolute atomic E-state index is 12.8. The third-order valence-electron chi connectivity index (χ3n) is 5.10. The molecule has 0 radical (unpaired) electrons. The molecule has 3 aromatic rings. The molecule has 0 atom stereocenters. The monoisotopic (exact) mass is 504 g/mol. The van der Waals surface area contributed by atoms with Crippen molar-refractivity contribution in [2.24, 2.45) is 0 Å². The molecule has 6 heteroatoms. The van der Waals surface area contributed by atoms with Gasteiger partial charge in [-0.2, -0.15) is 5.26 Å². The van der Waals surface area contributed by atoms with Crippen molar-refractivity contribution in [2.45, 2.75) is 27.4 Å². The molecular formula is C27H25BrN2O3. The second kappa shape index (κ2) is 10.8. The fourth-order valence-electron chi connectivity index (χ4n) is 3.14. The number of nitriles is 1. The van der Waals surface area contributed by atoms with E-state index in [9.17, 15) is 10.1 Å². The van der Waals surface area contributed by atoms with Gasteiger partial charge in [0, 0.05) is 10.2 Å². The maximum atomic E-state index is 12.8. The highest BCUT2D eigenvalue weighted by Crippen LogP contribution is 2.35. The Labute approximate surface area is 202 Å². The van der Waals surface area contributed by atoms with Crippen LogP contribution in [0.4, 0.5) is 5.69 Å². The minimum atomic E-state index is -0.475. The smallest absolute Gasteiger partial charge is 0.266 e. The molecule has 0 saturated heterocycles. The average Bonchev–Trinajstić information content (AvgIpc) is 2.80. The number of amides is 1. The van der Waals surface area contributed by atoms with Gasteiger partial charge in [0.25, 0.3) is 5.91 Å². The van der Waals surface area contributed by atoms with Gasteiger partial charge in [-0.05, 0) is 67.3 Å². The van der Waals surface area contributed by atoms with Gasteiger partial charge in [-0.15, -0.1) is 0 Å². The molecule has 3 rings (SSSR count). The molecule has 1 N–H and O–H groups in total. The van der Waals surface area contributed by atoms with Crippen LogP contribution in [0, 0.1) is 32.1 Å². The largest absolute Gasteiger partial charge is 0.493 e. The number of carbonyl (C=O) groups excluding carboxylic acids is 1. The average molecular weight is 505 g/mol. The van der Waals surface area contributed by atoms with Gasteiger partial charge in [0.2, 0.25) is 0 Å². The van der Waals surface area contributed by atoms with Crippen molar-refractivity contribution in [2.75, 3.05) is 12.4 Å². The summed E-state index contributed by atoms with van der Waals surface area (Å²) in [7, 11) is 1.55. The van der Waals surface area contributed by atoms with Gasteiger partial charge in [-0.1, -0.05) is 57.9 Å². The van der Waals surface area contributed by atoms with E-state index in [1.54, 1.807) is 19.2 Å². The molecule has 5 nitrogen and oxygen atoms in total. The lowest BCUT2D eigenvalue weighted by molar-refractivity contribution is -0.112. The Bertz CT molecular complexity index is 1240. The second-order valence-corrected chi connectivity index (χ2v) is 8.60. The maximum Gasteiger partial charge on any atom is 0.266 e. The highest BCUT2D eigenvalue weighted by Gasteiger charge is 2.15. The van der Waals surface area contributed by atoms with Crippen LogP contribution in [0.2, 0.25) is 0 Å². The second-order valence-electron chi connectivity index (χ2n) is 7.74. The number of carbonyl (C=O) groups is 1. The van der Waals surface area contributed by atoms with Crippen LogP contribution >= 0.6 is 15.9 Å². The lowest BCUT2D eigenvalue weighted by Crippen LogP contribution is -2.14. The van der Waals surface area contributed by atoms with Gasteiger partial charge >= 0.3 is 0 Å². The summed E-state index contributed by atoms with van der Waals surface area (Å²) in [6.07, 6.45) is 1.52. The van der Waals surface area contributed by atoms with Crippen molar-refractivity contribution in [1.29, 1.82) is 5.26 Å². The van der Waals surface area contributed by atoms with E-state index in [0.29, 0.717) is 33.8 Å². The van der Waals surface area contributed by atoms with Crippen LogP contribution in [-0.4, -0.2) is 13.0 Å². The van der Waals surface area contributed by atoms with Gasteiger partial charge in [0.15, 0.2) is 11.5 Å². The summed E-state index contributed by atoms with van der Waals surface area (Å²) < 4.78 is 12.1. The normalized spacial score (nSPS) is 11.0. The molecule has 168 valence electrons. The molecule has 1 amide bonds. The summed E-state index contributed by atoms with van der Waals surface area (Å²) in [5, 5.41) is 12.4. The minimum absolute atomic E-state index is 0.0213. The zero-order valence-corrected chi connectivity index (χ0v) is 20.6. The molecule has 3 aromatic carbocycles. The molecule has 0 spiro atoms. The Balaban J connectivity index is 1.83. The first-order valence-corrected chi connectivity index (χ1v) is 11.2. The topological polar surface area (TPSA) is 71.3 Å². The van der Waals surface area contributed by atoms with Crippen molar-refractivity contribution in [1.82, 2.24) is 0 Å². The summed E-state index contributed by atoms with van der Waals surface area (Å²) in [5.41, 5.74) is 5.45. The van der Waals surface area contributed by atoms with E-state index in [2.05, 4.69) is 21.2 Å². The Morgan fingerprint density at radius 1 is 1.03 bits per heavy atom. The third kappa shape index (κ3) is 6.24. The first-order chi connectivity index (χ1) is 15.8. The van der Waals surface area contributed by atoms with E-state index in [-0.39, 0.29) is 5.57 Å². The predicted octanol–water partition coefficient (Wildman–Crippen LogP) is 6.51. The lowest BCUT2D eigenvalue weighted by Gasteiger charge is -2.13. The van der Waals surface area contributed by atoms with Gasteiger partial charge in [0.1, 0.15) is 18.2 Å². The van der Waals surface area contributed by atoms with E-state index in [1.807, 2.05) is 69.3 Å². The van der Waals surface area contributed by atoms with Crippen LogP contribution in [0.3, 0.4) is 0 Å². The fraction of sp³-hybridized carbons (Fsp3) is 0.185. The summed E-state index contributed by atoms with van der Waals surface area (Å²) in [6, 6.07) is 19.4. The summed E-state index contributed by atoms with van der Waals surface area (Å²) >= 11 is 3.52. The van der Waals surface area contributed by atoms with Crippen LogP contribution in [0.1, 0.15) is 27.8 Å². The number of nitrogens with one attached hydrogen (secondary N) is 1. The molecular weight excluding hydrogens is 480 g/mol. The van der Waals surface area contributed by atoms with Crippen molar-refractivity contribution in [3.8, 4) is 17.6 Å². The van der Waals surface area contributed by atoms with E-state index >= 15 is 0 Å². The van der Waals surface area contributed by atoms with E-state index in [4.69, 9.17) is 9.47 Å². The van der Waals surface area contributed by atoms with E-state index < -0.39 is 5.91 Å². The summed E-state index contributed by atoms with van der Waals surface area (Å²) in [6.45, 7) is 6.28. The Kier molecular flexibility index (Phi) is 7.92. The highest BCUT2D eigenvalue weighted by molar-refractivity contribution is 9.10. The number of benzene rings is 3. The molecule has 0 fully saturated rings. The van der Waals surface area contributed by atoms with Gasteiger partial charge in [-0.25, -0.2) is 0 Å². The van der Waals surface area contributed by atoms with Crippen LogP contribution in [-0.2, 0) is 11.4 Å². The van der Waals surface area contributed by atoms with Crippen molar-refractivity contribution < 1.29 is 14.3 Å². The minimum Gasteiger partial charge on any atom is -0.493 e.